The van der Waals surface area contributed by atoms with Crippen LogP contribution in [0.4, 0.5) is 0 Å². The number of benzene rings is 1. The van der Waals surface area contributed by atoms with Crippen molar-refractivity contribution in [3.63, 3.8) is 0 Å². The zero-order chi connectivity index (χ0) is 17.3. The second-order valence-electron chi connectivity index (χ2n) is 6.18. The molecule has 0 aliphatic heterocycles. The molecule has 3 rings (SSSR count). The van der Waals surface area contributed by atoms with Gasteiger partial charge in [-0.2, -0.15) is 5.10 Å². The highest BCUT2D eigenvalue weighted by Crippen LogP contribution is 2.19. The number of amides is 1. The van der Waals surface area contributed by atoms with E-state index in [-0.39, 0.29) is 11.9 Å². The van der Waals surface area contributed by atoms with Crippen LogP contribution in [0.15, 0.2) is 36.5 Å². The molecule has 0 saturated heterocycles. The molecule has 5 nitrogen and oxygen atoms in total. The summed E-state index contributed by atoms with van der Waals surface area (Å²) in [5.41, 5.74) is 5.25. The van der Waals surface area contributed by atoms with Gasteiger partial charge in [0.1, 0.15) is 5.56 Å². The van der Waals surface area contributed by atoms with Crippen molar-refractivity contribution < 1.29 is 4.79 Å². The Morgan fingerprint density at radius 1 is 1.21 bits per heavy atom. The third kappa shape index (κ3) is 3.02. The number of aromatic nitrogens is 3. The summed E-state index contributed by atoms with van der Waals surface area (Å²) in [6.07, 6.45) is 2.41. The molecule has 1 N–H and O–H groups in total. The van der Waals surface area contributed by atoms with Gasteiger partial charge < -0.3 is 5.32 Å². The molecule has 0 spiro atoms. The lowest BCUT2D eigenvalue weighted by molar-refractivity contribution is 0.0937. The van der Waals surface area contributed by atoms with Crippen LogP contribution < -0.4 is 5.32 Å². The van der Waals surface area contributed by atoms with Gasteiger partial charge in [-0.15, -0.1) is 0 Å². The Morgan fingerprint density at radius 2 is 1.92 bits per heavy atom. The van der Waals surface area contributed by atoms with Crippen molar-refractivity contribution in [1.82, 2.24) is 19.9 Å². The molecule has 2 heterocycles. The van der Waals surface area contributed by atoms with Crippen molar-refractivity contribution >= 4 is 11.6 Å². The molecule has 1 atom stereocenters. The molecule has 124 valence electrons. The molecule has 0 aliphatic rings. The zero-order valence-electron chi connectivity index (χ0n) is 14.5. The van der Waals surface area contributed by atoms with Gasteiger partial charge in [0.05, 0.1) is 12.2 Å². The van der Waals surface area contributed by atoms with E-state index in [0.29, 0.717) is 11.2 Å². The second-order valence-corrected chi connectivity index (χ2v) is 6.18. The Labute approximate surface area is 141 Å². The van der Waals surface area contributed by atoms with Gasteiger partial charge in [-0.3, -0.25) is 4.79 Å². The molecule has 1 aromatic carbocycles. The van der Waals surface area contributed by atoms with E-state index < -0.39 is 0 Å². The number of aryl methyl sites for hydroxylation is 3. The van der Waals surface area contributed by atoms with Gasteiger partial charge in [0, 0.05) is 11.4 Å². The summed E-state index contributed by atoms with van der Waals surface area (Å²) < 4.78 is 1.70. The van der Waals surface area contributed by atoms with Crippen molar-refractivity contribution in [1.29, 1.82) is 0 Å². The van der Waals surface area contributed by atoms with Crippen LogP contribution in [0.5, 0.6) is 0 Å². The maximum atomic E-state index is 12.7. The number of nitrogens with zero attached hydrogens (tertiary/aromatic N) is 3. The smallest absolute Gasteiger partial charge is 0.257 e. The van der Waals surface area contributed by atoms with Gasteiger partial charge >= 0.3 is 0 Å². The van der Waals surface area contributed by atoms with Crippen LogP contribution in [-0.4, -0.2) is 20.5 Å². The number of carbonyl (C=O) groups is 1. The lowest BCUT2D eigenvalue weighted by Gasteiger charge is -2.17. The summed E-state index contributed by atoms with van der Waals surface area (Å²) >= 11 is 0. The number of rotatable bonds is 4. The Morgan fingerprint density at radius 3 is 2.58 bits per heavy atom. The minimum absolute atomic E-state index is 0.0287. The fraction of sp³-hybridized carbons (Fsp3) is 0.316. The van der Waals surface area contributed by atoms with E-state index in [1.54, 1.807) is 10.7 Å². The number of nitrogens with one attached hydrogen (secondary N) is 1. The molecule has 3 aromatic rings. The molecule has 0 radical (unpaired) electrons. The van der Waals surface area contributed by atoms with Gasteiger partial charge in [-0.25, -0.2) is 9.50 Å². The van der Waals surface area contributed by atoms with E-state index in [4.69, 9.17) is 0 Å². The number of hydrogen-bond acceptors (Lipinski definition) is 3. The largest absolute Gasteiger partial charge is 0.345 e. The number of hydrogen-bond donors (Lipinski definition) is 1. The molecular weight excluding hydrogens is 300 g/mol. The normalized spacial score (nSPS) is 12.3. The summed E-state index contributed by atoms with van der Waals surface area (Å²) in [6, 6.07) is 10.2. The van der Waals surface area contributed by atoms with Crippen molar-refractivity contribution in [2.24, 2.45) is 0 Å². The van der Waals surface area contributed by atoms with Gasteiger partial charge in [0.2, 0.25) is 0 Å². The van der Waals surface area contributed by atoms with Crippen molar-refractivity contribution in [3.05, 3.63) is 64.6 Å². The fourth-order valence-electron chi connectivity index (χ4n) is 2.89. The standard InChI is InChI=1S/C19H22N4O/c1-5-17(15-8-6-12(2)7-9-15)22-19(24)16-11-20-23-14(4)10-13(3)21-18(16)23/h6-11,17H,5H2,1-4H3,(H,22,24). The van der Waals surface area contributed by atoms with E-state index in [1.807, 2.05) is 19.9 Å². The molecule has 0 aliphatic carbocycles. The summed E-state index contributed by atoms with van der Waals surface area (Å²) in [5, 5.41) is 7.39. The fourth-order valence-corrected chi connectivity index (χ4v) is 2.89. The molecule has 1 unspecified atom stereocenters. The minimum atomic E-state index is -0.144. The topological polar surface area (TPSA) is 59.3 Å². The van der Waals surface area contributed by atoms with Crippen molar-refractivity contribution in [2.75, 3.05) is 0 Å². The molecule has 5 heteroatoms. The quantitative estimate of drug-likeness (QED) is 0.799. The monoisotopic (exact) mass is 322 g/mol. The molecule has 0 bridgehead atoms. The van der Waals surface area contributed by atoms with Gasteiger partial charge in [0.15, 0.2) is 5.65 Å². The molecule has 1 amide bonds. The summed E-state index contributed by atoms with van der Waals surface area (Å²) in [6.45, 7) is 7.99. The van der Waals surface area contributed by atoms with Crippen LogP contribution in [0, 0.1) is 20.8 Å². The Bertz CT molecular complexity index is 880. The van der Waals surface area contributed by atoms with Gasteiger partial charge in [-0.05, 0) is 38.8 Å². The third-order valence-electron chi connectivity index (χ3n) is 4.22. The van der Waals surface area contributed by atoms with Gasteiger partial charge in [-0.1, -0.05) is 36.8 Å². The summed E-state index contributed by atoms with van der Waals surface area (Å²) in [7, 11) is 0. The van der Waals surface area contributed by atoms with E-state index in [9.17, 15) is 4.79 Å². The SMILES string of the molecule is CCC(NC(=O)c1cnn2c(C)cc(C)nc12)c1ccc(C)cc1. The first-order valence-corrected chi connectivity index (χ1v) is 8.19. The van der Waals surface area contributed by atoms with Crippen molar-refractivity contribution in [3.8, 4) is 0 Å². The first-order valence-electron chi connectivity index (χ1n) is 8.19. The summed E-state index contributed by atoms with van der Waals surface area (Å²) in [4.78, 5) is 17.2. The van der Waals surface area contributed by atoms with Crippen LogP contribution >= 0.6 is 0 Å². The Hall–Kier alpha value is -2.69. The molecule has 0 fully saturated rings. The average Bonchev–Trinajstić information content (AvgIpc) is 2.97. The maximum Gasteiger partial charge on any atom is 0.257 e. The average molecular weight is 322 g/mol. The molecular formula is C19H22N4O. The first kappa shape index (κ1) is 16.2. The lowest BCUT2D eigenvalue weighted by Crippen LogP contribution is -2.28. The van der Waals surface area contributed by atoms with Gasteiger partial charge in [0.25, 0.3) is 5.91 Å². The van der Waals surface area contributed by atoms with Crippen LogP contribution in [0.3, 0.4) is 0 Å². The summed E-state index contributed by atoms with van der Waals surface area (Å²) in [5.74, 6) is -0.144. The number of fused-ring (bicyclic) bond motifs is 1. The molecule has 2 aromatic heterocycles. The Balaban J connectivity index is 1.90. The van der Waals surface area contributed by atoms with E-state index in [1.165, 1.54) is 5.56 Å². The van der Waals surface area contributed by atoms with Crippen LogP contribution in [0.1, 0.15) is 52.3 Å². The molecule has 0 saturated carbocycles. The van der Waals surface area contributed by atoms with E-state index in [0.717, 1.165) is 23.4 Å². The van der Waals surface area contributed by atoms with Crippen LogP contribution in [0.2, 0.25) is 0 Å². The second kappa shape index (κ2) is 6.43. The lowest BCUT2D eigenvalue weighted by atomic mass is 10.0. The highest BCUT2D eigenvalue weighted by Gasteiger charge is 2.19. The highest BCUT2D eigenvalue weighted by molar-refractivity contribution is 5.99. The van der Waals surface area contributed by atoms with Crippen molar-refractivity contribution in [2.45, 2.75) is 40.2 Å². The van der Waals surface area contributed by atoms with Crippen LogP contribution in [0.25, 0.3) is 5.65 Å². The van der Waals surface area contributed by atoms with E-state index >= 15 is 0 Å². The first-order chi connectivity index (χ1) is 11.5. The highest BCUT2D eigenvalue weighted by atomic mass is 16.1. The predicted molar refractivity (Wildman–Crippen MR) is 94.1 cm³/mol. The van der Waals surface area contributed by atoms with Crippen LogP contribution in [-0.2, 0) is 0 Å². The Kier molecular flexibility index (Phi) is 4.34. The maximum absolute atomic E-state index is 12.7. The zero-order valence-corrected chi connectivity index (χ0v) is 14.5. The third-order valence-corrected chi connectivity index (χ3v) is 4.22. The number of carbonyl (C=O) groups excluding carboxylic acids is 1. The molecule has 24 heavy (non-hydrogen) atoms. The van der Waals surface area contributed by atoms with E-state index in [2.05, 4.69) is 53.5 Å². The predicted octanol–water partition coefficient (Wildman–Crippen LogP) is 3.54. The minimum Gasteiger partial charge on any atom is -0.345 e.